The van der Waals surface area contributed by atoms with Crippen LogP contribution in [0, 0.1) is 17.0 Å². The number of amides is 1. The number of nitro benzene ring substituents is 1. The third-order valence-corrected chi connectivity index (χ3v) is 4.42. The molecule has 0 aliphatic carbocycles. The summed E-state index contributed by atoms with van der Waals surface area (Å²) in [6.07, 6.45) is 0. The van der Waals surface area contributed by atoms with Gasteiger partial charge in [-0.15, -0.1) is 0 Å². The van der Waals surface area contributed by atoms with Crippen LogP contribution in [0.3, 0.4) is 0 Å². The third kappa shape index (κ3) is 5.29. The van der Waals surface area contributed by atoms with Gasteiger partial charge in [-0.2, -0.15) is 0 Å². The van der Waals surface area contributed by atoms with Crippen LogP contribution in [0.15, 0.2) is 78.9 Å². The van der Waals surface area contributed by atoms with Crippen molar-refractivity contribution in [1.82, 2.24) is 0 Å². The number of benzene rings is 3. The maximum atomic E-state index is 12.9. The normalized spacial score (nSPS) is 10.3. The standard InChI is InChI=1S/C23H20N2O5/c1-17-7-5-11-20(13-17)24(15-18-8-3-2-4-9-18)22(26)16-30-23(27)19-10-6-12-21(14-19)25(28)29/h2-14H,15-16H2,1H3. The molecule has 3 aromatic carbocycles. The molecule has 3 rings (SSSR count). The smallest absolute Gasteiger partial charge is 0.338 e. The molecule has 0 saturated carbocycles. The zero-order valence-corrected chi connectivity index (χ0v) is 16.4. The number of carbonyl (C=O) groups is 2. The fourth-order valence-corrected chi connectivity index (χ4v) is 2.92. The summed E-state index contributed by atoms with van der Waals surface area (Å²) in [5, 5.41) is 10.9. The number of aryl methyl sites for hydroxylation is 1. The van der Waals surface area contributed by atoms with Gasteiger partial charge in [0.05, 0.1) is 17.0 Å². The van der Waals surface area contributed by atoms with E-state index in [0.717, 1.165) is 17.2 Å². The summed E-state index contributed by atoms with van der Waals surface area (Å²) >= 11 is 0. The van der Waals surface area contributed by atoms with Crippen molar-refractivity contribution in [2.75, 3.05) is 11.5 Å². The van der Waals surface area contributed by atoms with Crippen molar-refractivity contribution in [3.8, 4) is 0 Å². The van der Waals surface area contributed by atoms with Crippen LogP contribution in [0.1, 0.15) is 21.5 Å². The highest BCUT2D eigenvalue weighted by Gasteiger charge is 2.20. The minimum atomic E-state index is -0.795. The molecular weight excluding hydrogens is 384 g/mol. The molecule has 152 valence electrons. The van der Waals surface area contributed by atoms with E-state index >= 15 is 0 Å². The lowest BCUT2D eigenvalue weighted by molar-refractivity contribution is -0.384. The average molecular weight is 404 g/mol. The number of ether oxygens (including phenoxy) is 1. The van der Waals surface area contributed by atoms with Crippen LogP contribution in [0.2, 0.25) is 0 Å². The van der Waals surface area contributed by atoms with Gasteiger partial charge in [-0.1, -0.05) is 48.5 Å². The van der Waals surface area contributed by atoms with Gasteiger partial charge in [0, 0.05) is 17.8 Å². The summed E-state index contributed by atoms with van der Waals surface area (Å²) in [4.78, 5) is 37.0. The topological polar surface area (TPSA) is 89.8 Å². The van der Waals surface area contributed by atoms with Crippen LogP contribution in [0.4, 0.5) is 11.4 Å². The average Bonchev–Trinajstić information content (AvgIpc) is 2.76. The molecule has 0 aromatic heterocycles. The predicted octanol–water partition coefficient (Wildman–Crippen LogP) is 4.29. The fourth-order valence-electron chi connectivity index (χ4n) is 2.92. The Bertz CT molecular complexity index is 1070. The predicted molar refractivity (Wildman–Crippen MR) is 112 cm³/mol. The Morgan fingerprint density at radius 1 is 0.967 bits per heavy atom. The van der Waals surface area contributed by atoms with Crippen LogP contribution >= 0.6 is 0 Å². The highest BCUT2D eigenvalue weighted by atomic mass is 16.6. The molecule has 0 atom stereocenters. The molecule has 0 radical (unpaired) electrons. The van der Waals surface area contributed by atoms with E-state index in [-0.39, 0.29) is 11.3 Å². The van der Waals surface area contributed by atoms with Crippen LogP contribution in [-0.2, 0) is 16.1 Å². The van der Waals surface area contributed by atoms with Gasteiger partial charge in [-0.25, -0.2) is 4.79 Å². The zero-order chi connectivity index (χ0) is 21.5. The Labute approximate surface area is 173 Å². The number of carbonyl (C=O) groups excluding carboxylic acids is 2. The van der Waals surface area contributed by atoms with E-state index in [2.05, 4.69) is 0 Å². The van der Waals surface area contributed by atoms with Crippen LogP contribution < -0.4 is 4.90 Å². The number of hydrogen-bond donors (Lipinski definition) is 0. The molecule has 0 bridgehead atoms. The molecule has 0 aliphatic heterocycles. The van der Waals surface area contributed by atoms with Gasteiger partial charge in [0.15, 0.2) is 6.61 Å². The van der Waals surface area contributed by atoms with E-state index in [1.807, 2.05) is 61.5 Å². The lowest BCUT2D eigenvalue weighted by Crippen LogP contribution is -2.34. The van der Waals surface area contributed by atoms with E-state index in [4.69, 9.17) is 4.74 Å². The molecule has 0 spiro atoms. The van der Waals surface area contributed by atoms with Gasteiger partial charge in [0.1, 0.15) is 0 Å². The van der Waals surface area contributed by atoms with Crippen LogP contribution in [0.5, 0.6) is 0 Å². The van der Waals surface area contributed by atoms with Gasteiger partial charge >= 0.3 is 5.97 Å². The maximum absolute atomic E-state index is 12.9. The highest BCUT2D eigenvalue weighted by molar-refractivity contribution is 5.97. The molecule has 0 saturated heterocycles. The Balaban J connectivity index is 1.75. The summed E-state index contributed by atoms with van der Waals surface area (Å²) in [6.45, 7) is 1.76. The van der Waals surface area contributed by atoms with Crippen molar-refractivity contribution in [2.24, 2.45) is 0 Å². The molecule has 0 aliphatic rings. The molecule has 7 nitrogen and oxygen atoms in total. The zero-order valence-electron chi connectivity index (χ0n) is 16.4. The van der Waals surface area contributed by atoms with Crippen molar-refractivity contribution in [1.29, 1.82) is 0 Å². The van der Waals surface area contributed by atoms with E-state index in [0.29, 0.717) is 12.2 Å². The third-order valence-electron chi connectivity index (χ3n) is 4.42. The van der Waals surface area contributed by atoms with E-state index in [1.165, 1.54) is 18.2 Å². The molecule has 7 heteroatoms. The van der Waals surface area contributed by atoms with E-state index in [1.54, 1.807) is 4.90 Å². The van der Waals surface area contributed by atoms with E-state index < -0.39 is 23.4 Å². The van der Waals surface area contributed by atoms with Crippen molar-refractivity contribution in [3.05, 3.63) is 106 Å². The molecule has 0 unspecified atom stereocenters. The number of nitrogens with zero attached hydrogens (tertiary/aromatic N) is 2. The molecule has 1 amide bonds. The van der Waals surface area contributed by atoms with Crippen molar-refractivity contribution in [2.45, 2.75) is 13.5 Å². The van der Waals surface area contributed by atoms with E-state index in [9.17, 15) is 19.7 Å². The van der Waals surface area contributed by atoms with Crippen LogP contribution in [-0.4, -0.2) is 23.4 Å². The summed E-state index contributed by atoms with van der Waals surface area (Å²) in [5.74, 6) is -1.20. The lowest BCUT2D eigenvalue weighted by atomic mass is 10.1. The van der Waals surface area contributed by atoms with Crippen molar-refractivity contribution >= 4 is 23.3 Å². The van der Waals surface area contributed by atoms with Crippen molar-refractivity contribution < 1.29 is 19.2 Å². The SMILES string of the molecule is Cc1cccc(N(Cc2ccccc2)C(=O)COC(=O)c2cccc([N+](=O)[O-])c2)c1. The second kappa shape index (κ2) is 9.47. The first-order valence-corrected chi connectivity index (χ1v) is 9.26. The Hall–Kier alpha value is -4.00. The molecule has 0 fully saturated rings. The highest BCUT2D eigenvalue weighted by Crippen LogP contribution is 2.20. The van der Waals surface area contributed by atoms with Gasteiger partial charge < -0.3 is 9.64 Å². The Morgan fingerprint density at radius 3 is 2.40 bits per heavy atom. The van der Waals surface area contributed by atoms with Gasteiger partial charge in [-0.3, -0.25) is 14.9 Å². The Kier molecular flexibility index (Phi) is 6.54. The first-order valence-electron chi connectivity index (χ1n) is 9.26. The van der Waals surface area contributed by atoms with Gasteiger partial charge in [0.2, 0.25) is 0 Å². The number of hydrogen-bond acceptors (Lipinski definition) is 5. The monoisotopic (exact) mass is 404 g/mol. The summed E-state index contributed by atoms with van der Waals surface area (Å²) in [5.41, 5.74) is 2.41. The molecule has 0 heterocycles. The number of non-ortho nitro benzene ring substituents is 1. The maximum Gasteiger partial charge on any atom is 0.338 e. The molecule has 30 heavy (non-hydrogen) atoms. The Morgan fingerprint density at radius 2 is 1.70 bits per heavy atom. The van der Waals surface area contributed by atoms with Crippen LogP contribution in [0.25, 0.3) is 0 Å². The second-order valence-corrected chi connectivity index (χ2v) is 6.69. The number of esters is 1. The first-order chi connectivity index (χ1) is 14.4. The number of rotatable bonds is 7. The summed E-state index contributed by atoms with van der Waals surface area (Å²) in [7, 11) is 0. The number of anilines is 1. The minimum absolute atomic E-state index is 0.0159. The van der Waals surface area contributed by atoms with Gasteiger partial charge in [-0.05, 0) is 36.2 Å². The largest absolute Gasteiger partial charge is 0.452 e. The minimum Gasteiger partial charge on any atom is -0.452 e. The summed E-state index contributed by atoms with van der Waals surface area (Å²) in [6, 6.07) is 22.2. The second-order valence-electron chi connectivity index (χ2n) is 6.69. The molecule has 3 aromatic rings. The fraction of sp³-hybridized carbons (Fsp3) is 0.130. The molecule has 0 N–H and O–H groups in total. The first kappa shape index (κ1) is 20.7. The quantitative estimate of drug-likeness (QED) is 0.333. The summed E-state index contributed by atoms with van der Waals surface area (Å²) < 4.78 is 5.14. The number of nitro groups is 1. The van der Waals surface area contributed by atoms with Crippen molar-refractivity contribution in [3.63, 3.8) is 0 Å². The molecular formula is C23H20N2O5. The van der Waals surface area contributed by atoms with Gasteiger partial charge in [0.25, 0.3) is 11.6 Å². The lowest BCUT2D eigenvalue weighted by Gasteiger charge is -2.23.